The number of carbonyl (C=O) groups excluding carboxylic acids is 1. The van der Waals surface area contributed by atoms with Crippen LogP contribution >= 0.6 is 0 Å². The zero-order valence-electron chi connectivity index (χ0n) is 15.4. The second kappa shape index (κ2) is 8.35. The third-order valence-electron chi connectivity index (χ3n) is 3.50. The number of rotatable bonds is 9. The number of benzene rings is 1. The van der Waals surface area contributed by atoms with Gasteiger partial charge >= 0.3 is 0 Å². The van der Waals surface area contributed by atoms with Crippen molar-refractivity contribution in [2.24, 2.45) is 0 Å². The van der Waals surface area contributed by atoms with E-state index in [0.29, 0.717) is 5.56 Å². The average Bonchev–Trinajstić information content (AvgIpc) is 2.44. The number of methoxy groups -OCH3 is 2. The summed E-state index contributed by atoms with van der Waals surface area (Å²) in [6.07, 6.45) is -0.00851. The van der Waals surface area contributed by atoms with Gasteiger partial charge in [0, 0.05) is 19.8 Å². The highest BCUT2D eigenvalue weighted by Gasteiger charge is 2.30. The first-order valence-corrected chi connectivity index (χ1v) is 14.5. The molecular weight excluding hydrogens is 324 g/mol. The number of hydrogen-bond donors (Lipinski definition) is 0. The van der Waals surface area contributed by atoms with Crippen LogP contribution in [0.4, 0.5) is 0 Å². The maximum absolute atomic E-state index is 12.5. The highest BCUT2D eigenvalue weighted by atomic mass is 28.4. The molecule has 0 amide bonds. The van der Waals surface area contributed by atoms with Crippen LogP contribution in [0.25, 0.3) is 0 Å². The molecule has 0 atom stereocenters. The van der Waals surface area contributed by atoms with E-state index in [0.717, 1.165) is 18.0 Å². The van der Waals surface area contributed by atoms with E-state index in [9.17, 15) is 4.79 Å². The fraction of sp³-hybridized carbons (Fsp3) is 0.588. The van der Waals surface area contributed by atoms with E-state index >= 15 is 0 Å². The first-order valence-electron chi connectivity index (χ1n) is 7.97. The minimum Gasteiger partial charge on any atom is -0.456 e. The molecule has 0 aliphatic carbocycles. The van der Waals surface area contributed by atoms with Gasteiger partial charge in [0.2, 0.25) is 12.1 Å². The molecule has 130 valence electrons. The Labute approximate surface area is 142 Å². The van der Waals surface area contributed by atoms with Crippen LogP contribution in [0.5, 0.6) is 0 Å². The van der Waals surface area contributed by atoms with Gasteiger partial charge in [0.15, 0.2) is 16.6 Å². The van der Waals surface area contributed by atoms with Crippen molar-refractivity contribution < 1.29 is 18.4 Å². The molecule has 0 aliphatic heterocycles. The Bertz CT molecular complexity index is 520. The Morgan fingerprint density at radius 1 is 1.04 bits per heavy atom. The van der Waals surface area contributed by atoms with E-state index < -0.39 is 22.9 Å². The Morgan fingerprint density at radius 3 is 2.13 bits per heavy atom. The third kappa shape index (κ3) is 6.68. The van der Waals surface area contributed by atoms with Crippen molar-refractivity contribution in [3.8, 4) is 0 Å². The van der Waals surface area contributed by atoms with Crippen LogP contribution in [-0.2, 0) is 20.0 Å². The van der Waals surface area contributed by atoms with Crippen molar-refractivity contribution in [3.63, 3.8) is 0 Å². The summed E-state index contributed by atoms with van der Waals surface area (Å²) in [4.78, 5) is 12.5. The summed E-state index contributed by atoms with van der Waals surface area (Å²) in [5.41, 5.74) is 1.72. The van der Waals surface area contributed by atoms with Gasteiger partial charge in [0.1, 0.15) is 0 Å². The van der Waals surface area contributed by atoms with Crippen molar-refractivity contribution in [3.05, 3.63) is 35.4 Å². The summed E-state index contributed by atoms with van der Waals surface area (Å²) in [6, 6.07) is 8.69. The predicted molar refractivity (Wildman–Crippen MR) is 99.0 cm³/mol. The lowest BCUT2D eigenvalue weighted by atomic mass is 10.0. The van der Waals surface area contributed by atoms with Crippen LogP contribution < -0.4 is 0 Å². The highest BCUT2D eigenvalue weighted by molar-refractivity contribution is 6.84. The smallest absolute Gasteiger partial charge is 0.222 e. The zero-order chi connectivity index (χ0) is 17.7. The van der Waals surface area contributed by atoms with Crippen LogP contribution in [0.15, 0.2) is 24.3 Å². The second-order valence-corrected chi connectivity index (χ2v) is 16.4. The summed E-state index contributed by atoms with van der Waals surface area (Å²) in [5.74, 6) is -0.129. The number of Topliss-reactive ketones (excluding diaryl/α,β-unsaturated/α-hetero) is 1. The van der Waals surface area contributed by atoms with E-state index in [1.54, 1.807) is 0 Å². The normalized spacial score (nSPS) is 12.7. The van der Waals surface area contributed by atoms with E-state index in [1.807, 2.05) is 24.3 Å². The number of aryl methyl sites for hydroxylation is 1. The first-order chi connectivity index (χ1) is 10.6. The third-order valence-corrected chi connectivity index (χ3v) is 9.62. The van der Waals surface area contributed by atoms with E-state index in [2.05, 4.69) is 32.7 Å². The van der Waals surface area contributed by atoms with Gasteiger partial charge in [-0.05, 0) is 50.8 Å². The van der Waals surface area contributed by atoms with Crippen LogP contribution in [0.1, 0.15) is 15.9 Å². The van der Waals surface area contributed by atoms with Crippen molar-refractivity contribution >= 4 is 22.4 Å². The average molecular weight is 355 g/mol. The zero-order valence-corrected chi connectivity index (χ0v) is 17.4. The van der Waals surface area contributed by atoms with Crippen LogP contribution in [0.2, 0.25) is 38.8 Å². The molecule has 4 nitrogen and oxygen atoms in total. The first kappa shape index (κ1) is 20.2. The monoisotopic (exact) mass is 354 g/mol. The second-order valence-electron chi connectivity index (χ2n) is 7.30. The quantitative estimate of drug-likeness (QED) is 0.381. The van der Waals surface area contributed by atoms with Gasteiger partial charge in [-0.25, -0.2) is 0 Å². The minimum atomic E-state index is -1.74. The van der Waals surface area contributed by atoms with Gasteiger partial charge < -0.3 is 13.6 Å². The molecule has 1 aromatic rings. The van der Waals surface area contributed by atoms with Gasteiger partial charge in [0.25, 0.3) is 0 Å². The molecule has 0 heterocycles. The van der Waals surface area contributed by atoms with Crippen molar-refractivity contribution in [1.82, 2.24) is 0 Å². The van der Waals surface area contributed by atoms with Crippen molar-refractivity contribution in [2.75, 3.05) is 14.2 Å². The van der Waals surface area contributed by atoms with E-state index in [1.165, 1.54) is 14.2 Å². The van der Waals surface area contributed by atoms with Crippen molar-refractivity contribution in [2.45, 2.75) is 51.5 Å². The number of hydrogen-bond acceptors (Lipinski definition) is 4. The van der Waals surface area contributed by atoms with Crippen LogP contribution in [0.3, 0.4) is 0 Å². The highest BCUT2D eigenvalue weighted by Crippen LogP contribution is 2.23. The van der Waals surface area contributed by atoms with E-state index in [-0.39, 0.29) is 5.78 Å². The molecule has 0 bridgehead atoms. The molecule has 0 aliphatic rings. The summed E-state index contributed by atoms with van der Waals surface area (Å²) in [7, 11) is -0.319. The molecule has 1 aromatic carbocycles. The Balaban J connectivity index is 2.88. The Kier molecular flexibility index (Phi) is 7.35. The summed E-state index contributed by atoms with van der Waals surface area (Å²) >= 11 is 0. The maximum Gasteiger partial charge on any atom is 0.222 e. The van der Waals surface area contributed by atoms with Crippen LogP contribution in [-0.4, -0.2) is 42.9 Å². The van der Waals surface area contributed by atoms with Gasteiger partial charge in [-0.1, -0.05) is 24.3 Å². The summed E-state index contributed by atoms with van der Waals surface area (Å²) < 4.78 is 16.6. The SMILES string of the molecule is COC(OC)C(=O)c1ccccc1CC[Si](C)(C)O[Si](C)(C)C. The molecule has 0 spiro atoms. The fourth-order valence-electron chi connectivity index (χ4n) is 2.73. The lowest BCUT2D eigenvalue weighted by molar-refractivity contribution is -0.0742. The molecule has 0 unspecified atom stereocenters. The summed E-state index contributed by atoms with van der Waals surface area (Å²) in [6.45, 7) is 11.2. The molecular formula is C17H30O4Si2. The number of carbonyl (C=O) groups is 1. The molecule has 0 aromatic heterocycles. The fourth-order valence-corrected chi connectivity index (χ4v) is 10.6. The van der Waals surface area contributed by atoms with E-state index in [4.69, 9.17) is 13.6 Å². The largest absolute Gasteiger partial charge is 0.456 e. The van der Waals surface area contributed by atoms with Crippen LogP contribution in [0, 0.1) is 0 Å². The number of ketones is 1. The molecule has 6 heteroatoms. The van der Waals surface area contributed by atoms with Gasteiger partial charge in [-0.15, -0.1) is 0 Å². The lowest BCUT2D eigenvalue weighted by Gasteiger charge is -2.31. The lowest BCUT2D eigenvalue weighted by Crippen LogP contribution is -2.42. The molecule has 23 heavy (non-hydrogen) atoms. The van der Waals surface area contributed by atoms with Gasteiger partial charge in [0.05, 0.1) is 0 Å². The maximum atomic E-state index is 12.5. The Morgan fingerprint density at radius 2 is 1.61 bits per heavy atom. The molecule has 1 rings (SSSR count). The summed E-state index contributed by atoms with van der Waals surface area (Å²) in [5, 5.41) is 0. The topological polar surface area (TPSA) is 44.8 Å². The molecule has 0 saturated carbocycles. The number of ether oxygens (including phenoxy) is 2. The standard InChI is InChI=1S/C17H30O4Si2/c1-19-17(20-2)16(18)15-11-9-8-10-14(15)12-13-23(6,7)21-22(3,4)5/h8-11,17H,12-13H2,1-7H3. The Hall–Kier alpha value is -0.796. The van der Waals surface area contributed by atoms with Crippen molar-refractivity contribution in [1.29, 1.82) is 0 Å². The van der Waals surface area contributed by atoms with Gasteiger partial charge in [-0.2, -0.15) is 0 Å². The predicted octanol–water partition coefficient (Wildman–Crippen LogP) is 4.09. The minimum absolute atomic E-state index is 0.129. The molecule has 0 N–H and O–H groups in total. The molecule has 0 saturated heterocycles. The molecule has 0 fully saturated rings. The van der Waals surface area contributed by atoms with Gasteiger partial charge in [-0.3, -0.25) is 4.79 Å². The molecule has 0 radical (unpaired) electrons.